The predicted molar refractivity (Wildman–Crippen MR) is 260 cm³/mol. The van der Waals surface area contributed by atoms with Crippen molar-refractivity contribution in [1.29, 1.82) is 0 Å². The van der Waals surface area contributed by atoms with Gasteiger partial charge in [0.05, 0.1) is 16.4 Å². The van der Waals surface area contributed by atoms with E-state index in [1.165, 1.54) is 99.7 Å². The predicted octanol–water partition coefficient (Wildman–Crippen LogP) is 15.8. The molecule has 0 bridgehead atoms. The van der Waals surface area contributed by atoms with Crippen molar-refractivity contribution in [1.82, 2.24) is 4.57 Å². The maximum absolute atomic E-state index is 2.55. The van der Waals surface area contributed by atoms with Gasteiger partial charge in [-0.2, -0.15) is 0 Å². The molecule has 1 aliphatic carbocycles. The van der Waals surface area contributed by atoms with Gasteiger partial charge in [0.15, 0.2) is 0 Å². The van der Waals surface area contributed by atoms with Crippen molar-refractivity contribution in [2.24, 2.45) is 0 Å². The molecule has 0 atom stereocenters. The summed E-state index contributed by atoms with van der Waals surface area (Å²) in [6.45, 7) is 0. The highest BCUT2D eigenvalue weighted by Crippen LogP contribution is 2.59. The van der Waals surface area contributed by atoms with Crippen molar-refractivity contribution in [2.45, 2.75) is 5.41 Å². The summed E-state index contributed by atoms with van der Waals surface area (Å²) in [5.74, 6) is 0. The van der Waals surface area contributed by atoms with Gasteiger partial charge in [-0.15, -0.1) is 0 Å². The number of fused-ring (bicyclic) bond motifs is 7. The van der Waals surface area contributed by atoms with Crippen molar-refractivity contribution in [3.63, 3.8) is 0 Å². The van der Waals surface area contributed by atoms with E-state index >= 15 is 0 Å². The molecule has 0 aliphatic heterocycles. The minimum absolute atomic E-state index is 0.590. The number of hydrogen-bond acceptors (Lipinski definition) is 0. The van der Waals surface area contributed by atoms with Crippen LogP contribution in [0.4, 0.5) is 0 Å². The Morgan fingerprint density at radius 2 is 0.726 bits per heavy atom. The third kappa shape index (κ3) is 5.63. The Bertz CT molecular complexity index is 3320. The highest BCUT2D eigenvalue weighted by atomic mass is 15.0. The molecular formula is C61H41N. The molecule has 12 rings (SSSR count). The summed E-state index contributed by atoms with van der Waals surface area (Å²) in [6.07, 6.45) is 0. The third-order valence-corrected chi connectivity index (χ3v) is 13.1. The van der Waals surface area contributed by atoms with E-state index in [0.29, 0.717) is 0 Å². The van der Waals surface area contributed by atoms with Gasteiger partial charge >= 0.3 is 0 Å². The number of hydrogen-bond donors (Lipinski definition) is 0. The number of aromatic nitrogens is 1. The van der Waals surface area contributed by atoms with Gasteiger partial charge in [0.1, 0.15) is 0 Å². The third-order valence-electron chi connectivity index (χ3n) is 13.1. The standard InChI is InChI=1S/C61H41N/c1-5-16-42(17-6-1)46-28-33-50(34-29-46)61(51-35-30-47(31-36-51)43-18-7-2-8-19-43)56-27-14-13-26-55(56)59-57(61)39-38-54-53-37-32-49(45-22-11-4-12-23-45)41-58(53)62(60(54)59)52-25-15-24-48(40-52)44-20-9-3-10-21-44/h1-41H. The van der Waals surface area contributed by atoms with Crippen LogP contribution in [0.25, 0.3) is 83.1 Å². The van der Waals surface area contributed by atoms with Crippen LogP contribution in [-0.4, -0.2) is 4.57 Å². The van der Waals surface area contributed by atoms with Crippen molar-refractivity contribution >= 4 is 21.8 Å². The van der Waals surface area contributed by atoms with Gasteiger partial charge in [0, 0.05) is 22.0 Å². The van der Waals surface area contributed by atoms with E-state index in [4.69, 9.17) is 0 Å². The number of nitrogens with zero attached hydrogens (tertiary/aromatic N) is 1. The van der Waals surface area contributed by atoms with Gasteiger partial charge in [-0.3, -0.25) is 0 Å². The summed E-state index contributed by atoms with van der Waals surface area (Å²) in [5.41, 5.74) is 20.2. The van der Waals surface area contributed by atoms with Crippen LogP contribution in [0, 0.1) is 0 Å². The second-order valence-corrected chi connectivity index (χ2v) is 16.4. The molecule has 1 heteroatoms. The Balaban J connectivity index is 1.18. The fourth-order valence-electron chi connectivity index (χ4n) is 10.3. The van der Waals surface area contributed by atoms with Crippen LogP contribution in [0.2, 0.25) is 0 Å². The maximum atomic E-state index is 2.55. The lowest BCUT2D eigenvalue weighted by molar-refractivity contribution is 0.769. The number of benzene rings is 10. The number of rotatable bonds is 7. The summed E-state index contributed by atoms with van der Waals surface area (Å²) in [5, 5.41) is 2.48. The normalized spacial score (nSPS) is 12.6. The highest BCUT2D eigenvalue weighted by Gasteiger charge is 2.47. The van der Waals surface area contributed by atoms with Crippen LogP contribution in [0.1, 0.15) is 22.3 Å². The van der Waals surface area contributed by atoms with E-state index in [0.717, 1.165) is 5.69 Å². The van der Waals surface area contributed by atoms with E-state index in [9.17, 15) is 0 Å². The zero-order valence-electron chi connectivity index (χ0n) is 34.1. The molecule has 0 saturated heterocycles. The molecule has 0 saturated carbocycles. The molecule has 1 nitrogen and oxygen atoms in total. The van der Waals surface area contributed by atoms with E-state index in [1.807, 2.05) is 0 Å². The molecule has 1 heterocycles. The summed E-state index contributed by atoms with van der Waals surface area (Å²) in [7, 11) is 0. The Hall–Kier alpha value is -8.00. The average Bonchev–Trinajstić information content (AvgIpc) is 3.86. The van der Waals surface area contributed by atoms with Gasteiger partial charge in [-0.25, -0.2) is 0 Å². The van der Waals surface area contributed by atoms with Gasteiger partial charge < -0.3 is 4.57 Å². The molecule has 0 N–H and O–H groups in total. The first-order chi connectivity index (χ1) is 30.8. The van der Waals surface area contributed by atoms with Gasteiger partial charge in [-0.05, 0) is 90.5 Å². The average molecular weight is 788 g/mol. The lowest BCUT2D eigenvalue weighted by atomic mass is 9.67. The first-order valence-electron chi connectivity index (χ1n) is 21.5. The monoisotopic (exact) mass is 787 g/mol. The largest absolute Gasteiger partial charge is 0.309 e. The van der Waals surface area contributed by atoms with Crippen LogP contribution in [0.15, 0.2) is 249 Å². The van der Waals surface area contributed by atoms with Gasteiger partial charge in [0.2, 0.25) is 0 Å². The molecule has 0 fully saturated rings. The molecule has 0 unspecified atom stereocenters. The molecular weight excluding hydrogens is 747 g/mol. The lowest BCUT2D eigenvalue weighted by Gasteiger charge is -2.34. The van der Waals surface area contributed by atoms with Crippen molar-refractivity contribution in [2.75, 3.05) is 0 Å². The van der Waals surface area contributed by atoms with Crippen LogP contribution in [-0.2, 0) is 5.41 Å². The van der Waals surface area contributed by atoms with Crippen molar-refractivity contribution in [3.05, 3.63) is 271 Å². The van der Waals surface area contributed by atoms with Crippen LogP contribution in [0.5, 0.6) is 0 Å². The SMILES string of the molecule is c1ccc(-c2ccc(C3(c4ccc(-c5ccccc5)cc4)c4ccccc4-c4c3ccc3c5ccc(-c6ccccc6)cc5n(-c5cccc(-c6ccccc6)c5)c43)cc2)cc1. The van der Waals surface area contributed by atoms with Crippen molar-refractivity contribution in [3.8, 4) is 61.3 Å². The topological polar surface area (TPSA) is 4.93 Å². The van der Waals surface area contributed by atoms with E-state index in [1.54, 1.807) is 0 Å². The molecule has 62 heavy (non-hydrogen) atoms. The minimum atomic E-state index is -0.590. The van der Waals surface area contributed by atoms with Gasteiger partial charge in [-0.1, -0.05) is 231 Å². The first-order valence-corrected chi connectivity index (χ1v) is 21.5. The fourth-order valence-corrected chi connectivity index (χ4v) is 10.3. The summed E-state index contributed by atoms with van der Waals surface area (Å²) >= 11 is 0. The van der Waals surface area contributed by atoms with Crippen LogP contribution in [0.3, 0.4) is 0 Å². The second kappa shape index (κ2) is 14.6. The van der Waals surface area contributed by atoms with Crippen LogP contribution >= 0.6 is 0 Å². The summed E-state index contributed by atoms with van der Waals surface area (Å²) in [4.78, 5) is 0. The van der Waals surface area contributed by atoms with Gasteiger partial charge in [0.25, 0.3) is 0 Å². The van der Waals surface area contributed by atoms with Crippen molar-refractivity contribution < 1.29 is 0 Å². The zero-order valence-corrected chi connectivity index (χ0v) is 34.1. The van der Waals surface area contributed by atoms with E-state index in [-0.39, 0.29) is 0 Å². The Kier molecular flexibility index (Phi) is 8.47. The summed E-state index contributed by atoms with van der Waals surface area (Å²) in [6, 6.07) is 91.7. The fraction of sp³-hybridized carbons (Fsp3) is 0.0164. The van der Waals surface area contributed by atoms with Crippen LogP contribution < -0.4 is 0 Å². The molecule has 0 radical (unpaired) electrons. The lowest BCUT2D eigenvalue weighted by Crippen LogP contribution is -2.28. The molecule has 290 valence electrons. The van der Waals surface area contributed by atoms with E-state index < -0.39 is 5.41 Å². The molecule has 1 aromatic heterocycles. The quantitative estimate of drug-likeness (QED) is 0.152. The first kappa shape index (κ1) is 35.9. The maximum Gasteiger partial charge on any atom is 0.0714 e. The minimum Gasteiger partial charge on any atom is -0.309 e. The Morgan fingerprint density at radius 3 is 1.29 bits per heavy atom. The molecule has 0 amide bonds. The smallest absolute Gasteiger partial charge is 0.0714 e. The Morgan fingerprint density at radius 1 is 0.290 bits per heavy atom. The molecule has 0 spiro atoms. The second-order valence-electron chi connectivity index (χ2n) is 16.4. The Labute approximate surface area is 362 Å². The molecule has 1 aliphatic rings. The molecule has 10 aromatic carbocycles. The highest BCUT2D eigenvalue weighted by molar-refractivity contribution is 6.16. The summed E-state index contributed by atoms with van der Waals surface area (Å²) < 4.78 is 2.55. The zero-order chi connectivity index (χ0) is 41.0. The van der Waals surface area contributed by atoms with E-state index in [2.05, 4.69) is 253 Å². The molecule has 11 aromatic rings.